The number of benzene rings is 2. The van der Waals surface area contributed by atoms with Crippen LogP contribution >= 0.6 is 27.5 Å². The number of nitro groups is 1. The maximum absolute atomic E-state index is 12.1. The van der Waals surface area contributed by atoms with Gasteiger partial charge in [0.25, 0.3) is 5.69 Å². The predicted octanol–water partition coefficient (Wildman–Crippen LogP) is 5.21. The summed E-state index contributed by atoms with van der Waals surface area (Å²) in [5.41, 5.74) is 1.26. The highest BCUT2D eigenvalue weighted by Gasteiger charge is 2.14. The minimum atomic E-state index is -0.566. The van der Waals surface area contributed by atoms with Crippen LogP contribution in [0, 0.1) is 10.1 Å². The molecule has 2 aromatic rings. The van der Waals surface area contributed by atoms with Gasteiger partial charge in [0.05, 0.1) is 11.3 Å². The average molecular weight is 396 g/mol. The van der Waals surface area contributed by atoms with E-state index in [4.69, 9.17) is 11.6 Å². The summed E-state index contributed by atoms with van der Waals surface area (Å²) in [5, 5.41) is 13.8. The average Bonchev–Trinajstić information content (AvgIpc) is 2.49. The van der Waals surface area contributed by atoms with E-state index in [-0.39, 0.29) is 22.9 Å². The Balaban J connectivity index is 2.05. The summed E-state index contributed by atoms with van der Waals surface area (Å²) in [4.78, 5) is 22.4. The molecule has 0 bridgehead atoms. The molecule has 2 aromatic carbocycles. The number of nitrogens with zero attached hydrogens (tertiary/aromatic N) is 1. The number of hydrogen-bond acceptors (Lipinski definition) is 4. The van der Waals surface area contributed by atoms with E-state index in [1.807, 2.05) is 0 Å². The van der Waals surface area contributed by atoms with Gasteiger partial charge in [0.1, 0.15) is 5.02 Å². The van der Waals surface area contributed by atoms with Gasteiger partial charge < -0.3 is 5.32 Å². The van der Waals surface area contributed by atoms with Gasteiger partial charge in [-0.25, -0.2) is 0 Å². The molecule has 0 aliphatic carbocycles. The fourth-order valence-corrected chi connectivity index (χ4v) is 2.36. The summed E-state index contributed by atoms with van der Waals surface area (Å²) in [6.07, 6.45) is 0.0814. The molecule has 0 spiro atoms. The van der Waals surface area contributed by atoms with Crippen LogP contribution in [0.4, 0.5) is 11.4 Å². The number of rotatable bonds is 6. The zero-order valence-corrected chi connectivity index (χ0v) is 14.2. The normalized spacial score (nSPS) is 10.2. The smallest absolute Gasteiger partial charge is 0.289 e. The standard InChI is InChI=1S/C16H12BrClN2O3/c1-10(8-16(21)11-2-4-12(17)5-3-11)19-13-6-7-14(18)15(9-13)20(22)23/h2-7,9,19H,1,8H2. The van der Waals surface area contributed by atoms with Crippen LogP contribution in [-0.2, 0) is 0 Å². The van der Waals surface area contributed by atoms with Gasteiger partial charge in [0, 0.05) is 27.5 Å². The van der Waals surface area contributed by atoms with Crippen LogP contribution in [0.1, 0.15) is 16.8 Å². The molecule has 0 amide bonds. The Morgan fingerprint density at radius 2 is 1.91 bits per heavy atom. The molecular weight excluding hydrogens is 384 g/mol. The van der Waals surface area contributed by atoms with Crippen molar-refractivity contribution in [1.82, 2.24) is 0 Å². The Bertz CT molecular complexity index is 775. The first-order chi connectivity index (χ1) is 10.9. The first-order valence-corrected chi connectivity index (χ1v) is 7.71. The fraction of sp³-hybridized carbons (Fsp3) is 0.0625. The summed E-state index contributed by atoms with van der Waals surface area (Å²) in [6.45, 7) is 3.79. The molecule has 0 radical (unpaired) electrons. The zero-order valence-electron chi connectivity index (χ0n) is 11.9. The maximum Gasteiger partial charge on any atom is 0.289 e. The van der Waals surface area contributed by atoms with Crippen molar-refractivity contribution >= 4 is 44.7 Å². The van der Waals surface area contributed by atoms with E-state index in [9.17, 15) is 14.9 Å². The highest BCUT2D eigenvalue weighted by molar-refractivity contribution is 9.10. The van der Waals surface area contributed by atoms with Crippen molar-refractivity contribution in [3.63, 3.8) is 0 Å². The van der Waals surface area contributed by atoms with Gasteiger partial charge >= 0.3 is 0 Å². The predicted molar refractivity (Wildman–Crippen MR) is 94.0 cm³/mol. The summed E-state index contributed by atoms with van der Waals surface area (Å²) in [6, 6.07) is 11.3. The van der Waals surface area contributed by atoms with E-state index in [0.717, 1.165) is 4.47 Å². The number of carbonyl (C=O) groups excluding carboxylic acids is 1. The molecule has 0 atom stereocenters. The van der Waals surface area contributed by atoms with Crippen molar-refractivity contribution in [2.45, 2.75) is 6.42 Å². The van der Waals surface area contributed by atoms with Gasteiger partial charge in [-0.15, -0.1) is 0 Å². The lowest BCUT2D eigenvalue weighted by Gasteiger charge is -2.09. The van der Waals surface area contributed by atoms with Gasteiger partial charge in [-0.2, -0.15) is 0 Å². The van der Waals surface area contributed by atoms with E-state index in [0.29, 0.717) is 16.9 Å². The lowest BCUT2D eigenvalue weighted by molar-refractivity contribution is -0.384. The Hall–Kier alpha value is -2.18. The molecule has 118 valence electrons. The maximum atomic E-state index is 12.1. The van der Waals surface area contributed by atoms with Crippen LogP contribution < -0.4 is 5.32 Å². The van der Waals surface area contributed by atoms with Gasteiger partial charge in [0.2, 0.25) is 0 Å². The third-order valence-electron chi connectivity index (χ3n) is 3.00. The number of halogens is 2. The quantitative estimate of drug-likeness (QED) is 0.414. The summed E-state index contributed by atoms with van der Waals surface area (Å²) >= 11 is 9.06. The van der Waals surface area contributed by atoms with Crippen LogP contribution in [-0.4, -0.2) is 10.7 Å². The molecule has 1 N–H and O–H groups in total. The third kappa shape index (κ3) is 4.64. The number of nitro benzene ring substituents is 1. The van der Waals surface area contributed by atoms with E-state index in [1.165, 1.54) is 12.1 Å². The van der Waals surface area contributed by atoms with Crippen molar-refractivity contribution < 1.29 is 9.72 Å². The second-order valence-corrected chi connectivity index (χ2v) is 6.08. The lowest BCUT2D eigenvalue weighted by Crippen LogP contribution is -2.06. The van der Waals surface area contributed by atoms with Crippen molar-refractivity contribution in [3.05, 3.63) is 79.9 Å². The number of nitrogens with one attached hydrogen (secondary N) is 1. The third-order valence-corrected chi connectivity index (χ3v) is 3.85. The zero-order chi connectivity index (χ0) is 17.0. The highest BCUT2D eigenvalue weighted by Crippen LogP contribution is 2.28. The van der Waals surface area contributed by atoms with E-state index in [1.54, 1.807) is 30.3 Å². The molecule has 2 rings (SSSR count). The second kappa shape index (κ2) is 7.39. The van der Waals surface area contributed by atoms with Crippen LogP contribution in [0.5, 0.6) is 0 Å². The minimum Gasteiger partial charge on any atom is -0.359 e. The monoisotopic (exact) mass is 394 g/mol. The number of hydrogen-bond donors (Lipinski definition) is 1. The SMILES string of the molecule is C=C(CC(=O)c1ccc(Br)cc1)Nc1ccc(Cl)c([N+](=O)[O-])c1. The van der Waals surface area contributed by atoms with Crippen LogP contribution in [0.25, 0.3) is 0 Å². The molecule has 0 saturated heterocycles. The molecule has 0 aliphatic heterocycles. The first kappa shape index (κ1) is 17.2. The number of carbonyl (C=O) groups is 1. The molecule has 0 fully saturated rings. The number of ketones is 1. The molecule has 0 unspecified atom stereocenters. The van der Waals surface area contributed by atoms with E-state index >= 15 is 0 Å². The lowest BCUT2D eigenvalue weighted by atomic mass is 10.1. The van der Waals surface area contributed by atoms with Crippen LogP contribution in [0.15, 0.2) is 59.2 Å². The molecule has 0 aromatic heterocycles. The summed E-state index contributed by atoms with van der Waals surface area (Å²) in [7, 11) is 0. The van der Waals surface area contributed by atoms with E-state index < -0.39 is 4.92 Å². The molecular formula is C16H12BrClN2O3. The number of allylic oxidation sites excluding steroid dienone is 1. The van der Waals surface area contributed by atoms with Gasteiger partial charge in [-0.05, 0) is 24.3 Å². The van der Waals surface area contributed by atoms with Crippen molar-refractivity contribution in [1.29, 1.82) is 0 Å². The first-order valence-electron chi connectivity index (χ1n) is 6.54. The molecule has 23 heavy (non-hydrogen) atoms. The molecule has 0 aliphatic rings. The van der Waals surface area contributed by atoms with Crippen molar-refractivity contribution in [3.8, 4) is 0 Å². The summed E-state index contributed by atoms with van der Waals surface area (Å²) in [5.74, 6) is -0.0986. The van der Waals surface area contributed by atoms with Crippen molar-refractivity contribution in [2.24, 2.45) is 0 Å². The summed E-state index contributed by atoms with van der Waals surface area (Å²) < 4.78 is 0.888. The van der Waals surface area contributed by atoms with Gasteiger partial charge in [-0.1, -0.05) is 46.2 Å². The molecule has 7 heteroatoms. The number of Topliss-reactive ketones (excluding diaryl/α,β-unsaturated/α-hetero) is 1. The second-order valence-electron chi connectivity index (χ2n) is 4.76. The van der Waals surface area contributed by atoms with E-state index in [2.05, 4.69) is 27.8 Å². The largest absolute Gasteiger partial charge is 0.359 e. The fourth-order valence-electron chi connectivity index (χ4n) is 1.91. The number of anilines is 1. The molecule has 0 heterocycles. The Morgan fingerprint density at radius 3 is 2.52 bits per heavy atom. The Kier molecular flexibility index (Phi) is 5.52. The van der Waals surface area contributed by atoms with Crippen molar-refractivity contribution in [2.75, 3.05) is 5.32 Å². The molecule has 5 nitrogen and oxygen atoms in total. The topological polar surface area (TPSA) is 72.2 Å². The molecule has 0 saturated carbocycles. The minimum absolute atomic E-state index is 0.0529. The van der Waals surface area contributed by atoms with Gasteiger partial charge in [-0.3, -0.25) is 14.9 Å². The van der Waals surface area contributed by atoms with Crippen LogP contribution in [0.2, 0.25) is 5.02 Å². The highest BCUT2D eigenvalue weighted by atomic mass is 79.9. The van der Waals surface area contributed by atoms with Gasteiger partial charge in [0.15, 0.2) is 5.78 Å². The van der Waals surface area contributed by atoms with Crippen LogP contribution in [0.3, 0.4) is 0 Å². The Morgan fingerprint density at radius 1 is 1.26 bits per heavy atom. The Labute approximate surface area is 146 Å².